The van der Waals surface area contributed by atoms with Crippen LogP contribution < -0.4 is 15.4 Å². The summed E-state index contributed by atoms with van der Waals surface area (Å²) in [7, 11) is 3.60. The largest absolute Gasteiger partial charge is 0.496 e. The zero-order chi connectivity index (χ0) is 23.0. The molecular formula is C25H43IN4O3. The summed E-state index contributed by atoms with van der Waals surface area (Å²) in [5.74, 6) is 2.35. The van der Waals surface area contributed by atoms with E-state index in [-0.39, 0.29) is 29.4 Å². The lowest BCUT2D eigenvalue weighted by atomic mass is 9.73. The van der Waals surface area contributed by atoms with Crippen LogP contribution in [0.15, 0.2) is 23.2 Å². The highest BCUT2D eigenvalue weighted by atomic mass is 127. The summed E-state index contributed by atoms with van der Waals surface area (Å²) in [5, 5.41) is 7.22. The third-order valence-corrected chi connectivity index (χ3v) is 6.96. The van der Waals surface area contributed by atoms with Crippen molar-refractivity contribution in [1.29, 1.82) is 0 Å². The summed E-state index contributed by atoms with van der Waals surface area (Å²) in [6.45, 7) is 13.5. The minimum Gasteiger partial charge on any atom is -0.496 e. The highest BCUT2D eigenvalue weighted by Crippen LogP contribution is 2.40. The molecule has 1 aromatic carbocycles. The topological polar surface area (TPSA) is 67.4 Å². The standard InChI is InChI=1S/C25H42N4O3.HI/c1-19(2)22(29-10-14-32-15-11-29)17-27-24(26-4)28-18-25(8-12-31-13-9-25)21-16-20(3)6-7-23(21)30-5;/h6-7,16,19,22H,8-15,17-18H2,1-5H3,(H2,26,27,28);1H. The molecule has 2 N–H and O–H groups in total. The van der Waals surface area contributed by atoms with Gasteiger partial charge in [-0.15, -0.1) is 24.0 Å². The summed E-state index contributed by atoms with van der Waals surface area (Å²) in [6.07, 6.45) is 1.92. The van der Waals surface area contributed by atoms with Gasteiger partial charge in [0.2, 0.25) is 0 Å². The van der Waals surface area contributed by atoms with E-state index in [1.54, 1.807) is 7.11 Å². The zero-order valence-electron chi connectivity index (χ0n) is 21.0. The molecule has 2 aliphatic heterocycles. The first-order chi connectivity index (χ1) is 15.5. The van der Waals surface area contributed by atoms with Crippen LogP contribution in [0.25, 0.3) is 0 Å². The molecule has 2 saturated heterocycles. The Bertz CT molecular complexity index is 747. The molecule has 33 heavy (non-hydrogen) atoms. The lowest BCUT2D eigenvalue weighted by Gasteiger charge is -2.39. The third-order valence-electron chi connectivity index (χ3n) is 6.96. The molecule has 0 bridgehead atoms. The number of ether oxygens (including phenoxy) is 3. The van der Waals surface area contributed by atoms with Crippen LogP contribution in [0.2, 0.25) is 0 Å². The molecule has 1 atom stereocenters. The van der Waals surface area contributed by atoms with Gasteiger partial charge in [-0.1, -0.05) is 31.5 Å². The number of rotatable bonds is 8. The van der Waals surface area contributed by atoms with Gasteiger partial charge in [-0.3, -0.25) is 9.89 Å². The molecule has 2 heterocycles. The van der Waals surface area contributed by atoms with E-state index in [2.05, 4.69) is 59.5 Å². The summed E-state index contributed by atoms with van der Waals surface area (Å²) in [5.41, 5.74) is 2.47. The van der Waals surface area contributed by atoms with Crippen molar-refractivity contribution in [3.63, 3.8) is 0 Å². The van der Waals surface area contributed by atoms with Crippen LogP contribution in [0.5, 0.6) is 5.75 Å². The average Bonchev–Trinajstić information content (AvgIpc) is 2.82. The molecule has 3 rings (SSSR count). The highest BCUT2D eigenvalue weighted by molar-refractivity contribution is 14.0. The van der Waals surface area contributed by atoms with E-state index >= 15 is 0 Å². The smallest absolute Gasteiger partial charge is 0.191 e. The van der Waals surface area contributed by atoms with Gasteiger partial charge in [0.25, 0.3) is 0 Å². The van der Waals surface area contributed by atoms with Gasteiger partial charge in [-0.2, -0.15) is 0 Å². The summed E-state index contributed by atoms with van der Waals surface area (Å²) >= 11 is 0. The van der Waals surface area contributed by atoms with Gasteiger partial charge in [0.05, 0.1) is 20.3 Å². The maximum Gasteiger partial charge on any atom is 0.191 e. The molecule has 7 nitrogen and oxygen atoms in total. The van der Waals surface area contributed by atoms with E-state index in [0.717, 1.165) is 77.2 Å². The summed E-state index contributed by atoms with van der Waals surface area (Å²) < 4.78 is 17.0. The Morgan fingerprint density at radius 2 is 1.79 bits per heavy atom. The number of nitrogens with zero attached hydrogens (tertiary/aromatic N) is 2. The van der Waals surface area contributed by atoms with Crippen LogP contribution in [0.4, 0.5) is 0 Å². The van der Waals surface area contributed by atoms with Gasteiger partial charge in [-0.05, 0) is 31.7 Å². The Hall–Kier alpha value is -1.10. The molecule has 1 aromatic rings. The van der Waals surface area contributed by atoms with Crippen molar-refractivity contribution in [2.24, 2.45) is 10.9 Å². The molecular weight excluding hydrogens is 531 g/mol. The number of guanidine groups is 1. The van der Waals surface area contributed by atoms with E-state index in [0.29, 0.717) is 12.0 Å². The second-order valence-electron chi connectivity index (χ2n) is 9.36. The van der Waals surface area contributed by atoms with E-state index in [9.17, 15) is 0 Å². The molecule has 1 unspecified atom stereocenters. The average molecular weight is 575 g/mol. The molecule has 0 radical (unpaired) electrons. The van der Waals surface area contributed by atoms with E-state index < -0.39 is 0 Å². The molecule has 0 saturated carbocycles. The number of aliphatic imine (C=N–C) groups is 1. The van der Waals surface area contributed by atoms with Crippen LogP contribution in [0.3, 0.4) is 0 Å². The first-order valence-corrected chi connectivity index (χ1v) is 12.0. The van der Waals surface area contributed by atoms with Crippen molar-refractivity contribution in [2.75, 3.05) is 66.8 Å². The lowest BCUT2D eigenvalue weighted by molar-refractivity contribution is 0.00750. The van der Waals surface area contributed by atoms with Gasteiger partial charge in [0.15, 0.2) is 5.96 Å². The molecule has 2 fully saturated rings. The predicted octanol–water partition coefficient (Wildman–Crippen LogP) is 3.19. The number of halogens is 1. The van der Waals surface area contributed by atoms with Crippen molar-refractivity contribution in [2.45, 2.75) is 45.1 Å². The predicted molar refractivity (Wildman–Crippen MR) is 145 cm³/mol. The Labute approximate surface area is 217 Å². The molecule has 0 spiro atoms. The Balaban J connectivity index is 0.00000385. The fourth-order valence-corrected chi connectivity index (χ4v) is 4.91. The van der Waals surface area contributed by atoms with Crippen LogP contribution in [0, 0.1) is 12.8 Å². The number of aryl methyl sites for hydroxylation is 1. The lowest BCUT2D eigenvalue weighted by Crippen LogP contribution is -2.54. The molecule has 188 valence electrons. The first kappa shape index (κ1) is 28.1. The molecule has 0 aliphatic carbocycles. The van der Waals surface area contributed by atoms with Crippen molar-refractivity contribution in [3.8, 4) is 5.75 Å². The molecule has 8 heteroatoms. The van der Waals surface area contributed by atoms with Gasteiger partial charge in [0, 0.05) is 63.5 Å². The van der Waals surface area contributed by atoms with Gasteiger partial charge in [-0.25, -0.2) is 0 Å². The van der Waals surface area contributed by atoms with Crippen LogP contribution in [-0.2, 0) is 14.9 Å². The van der Waals surface area contributed by atoms with E-state index in [4.69, 9.17) is 14.2 Å². The van der Waals surface area contributed by atoms with Crippen LogP contribution in [-0.4, -0.2) is 83.7 Å². The number of benzene rings is 1. The van der Waals surface area contributed by atoms with Crippen LogP contribution >= 0.6 is 24.0 Å². The second-order valence-corrected chi connectivity index (χ2v) is 9.36. The van der Waals surface area contributed by atoms with Crippen molar-refractivity contribution >= 4 is 29.9 Å². The van der Waals surface area contributed by atoms with Crippen molar-refractivity contribution < 1.29 is 14.2 Å². The normalized spacial score (nSPS) is 20.1. The monoisotopic (exact) mass is 574 g/mol. The first-order valence-electron chi connectivity index (χ1n) is 12.0. The Morgan fingerprint density at radius 1 is 1.12 bits per heavy atom. The fourth-order valence-electron chi connectivity index (χ4n) is 4.91. The third kappa shape index (κ3) is 7.44. The van der Waals surface area contributed by atoms with E-state index in [1.165, 1.54) is 11.1 Å². The maximum absolute atomic E-state index is 5.75. The minimum absolute atomic E-state index is 0. The number of methoxy groups -OCH3 is 1. The van der Waals surface area contributed by atoms with Crippen molar-refractivity contribution in [3.05, 3.63) is 29.3 Å². The number of morpholine rings is 1. The number of hydrogen-bond donors (Lipinski definition) is 2. The Morgan fingerprint density at radius 3 is 2.39 bits per heavy atom. The molecule has 2 aliphatic rings. The Kier molecular flexibility index (Phi) is 11.7. The van der Waals surface area contributed by atoms with Gasteiger partial charge in [0.1, 0.15) is 5.75 Å². The fraction of sp³-hybridized carbons (Fsp3) is 0.720. The quantitative estimate of drug-likeness (QED) is 0.283. The second kappa shape index (κ2) is 13.7. The van der Waals surface area contributed by atoms with Gasteiger partial charge < -0.3 is 24.8 Å². The van der Waals surface area contributed by atoms with E-state index in [1.807, 2.05) is 7.05 Å². The highest BCUT2D eigenvalue weighted by Gasteiger charge is 2.37. The minimum atomic E-state index is -0.0467. The van der Waals surface area contributed by atoms with Crippen molar-refractivity contribution in [1.82, 2.24) is 15.5 Å². The SMILES string of the molecule is CN=C(NCC(C(C)C)N1CCOCC1)NCC1(c2cc(C)ccc2OC)CCOCC1.I. The number of hydrogen-bond acceptors (Lipinski definition) is 5. The zero-order valence-corrected chi connectivity index (χ0v) is 23.3. The molecule has 0 amide bonds. The summed E-state index contributed by atoms with van der Waals surface area (Å²) in [6, 6.07) is 6.92. The maximum atomic E-state index is 5.75. The summed E-state index contributed by atoms with van der Waals surface area (Å²) in [4.78, 5) is 7.06. The number of nitrogens with one attached hydrogen (secondary N) is 2. The van der Waals surface area contributed by atoms with Crippen LogP contribution in [0.1, 0.15) is 37.8 Å². The van der Waals surface area contributed by atoms with Gasteiger partial charge >= 0.3 is 0 Å². The molecule has 0 aromatic heterocycles.